The fourth-order valence-corrected chi connectivity index (χ4v) is 3.02. The normalized spacial score (nSPS) is 15.1. The average molecular weight is 308 g/mol. The Labute approximate surface area is 131 Å². The minimum absolute atomic E-state index is 0.103. The van der Waals surface area contributed by atoms with Crippen LogP contribution in [0.5, 0.6) is 5.88 Å². The first-order valence-electron chi connectivity index (χ1n) is 7.74. The summed E-state index contributed by atoms with van der Waals surface area (Å²) in [4.78, 5) is 15.9. The van der Waals surface area contributed by atoms with Crippen molar-refractivity contribution in [3.63, 3.8) is 0 Å². The van der Waals surface area contributed by atoms with Gasteiger partial charge < -0.3 is 10.1 Å². The molecule has 1 heterocycles. The fourth-order valence-electron chi connectivity index (χ4n) is 2.40. The van der Waals surface area contributed by atoms with Crippen molar-refractivity contribution < 1.29 is 9.53 Å². The van der Waals surface area contributed by atoms with Gasteiger partial charge in [0.1, 0.15) is 6.10 Å². The van der Waals surface area contributed by atoms with E-state index in [9.17, 15) is 4.79 Å². The molecule has 116 valence electrons. The lowest BCUT2D eigenvalue weighted by atomic mass is 10.2. The molecule has 1 aromatic heterocycles. The van der Waals surface area contributed by atoms with E-state index in [1.807, 2.05) is 12.1 Å². The third-order valence-corrected chi connectivity index (χ3v) is 4.46. The minimum atomic E-state index is 0.103. The number of nitrogens with zero attached hydrogens (tertiary/aromatic N) is 1. The van der Waals surface area contributed by atoms with E-state index >= 15 is 0 Å². The van der Waals surface area contributed by atoms with Crippen LogP contribution in [0.25, 0.3) is 0 Å². The van der Waals surface area contributed by atoms with Gasteiger partial charge in [-0.25, -0.2) is 4.98 Å². The monoisotopic (exact) mass is 308 g/mol. The van der Waals surface area contributed by atoms with Gasteiger partial charge in [-0.2, -0.15) is 11.8 Å². The molecule has 1 aromatic rings. The first-order valence-corrected chi connectivity index (χ1v) is 8.89. The van der Waals surface area contributed by atoms with Gasteiger partial charge in [0.2, 0.25) is 11.8 Å². The topological polar surface area (TPSA) is 51.2 Å². The maximum Gasteiger partial charge on any atom is 0.221 e. The number of hydrogen-bond acceptors (Lipinski definition) is 4. The molecule has 21 heavy (non-hydrogen) atoms. The van der Waals surface area contributed by atoms with Crippen LogP contribution in [0.15, 0.2) is 18.3 Å². The van der Waals surface area contributed by atoms with Crippen molar-refractivity contribution in [3.05, 3.63) is 23.9 Å². The standard InChI is InChI=1S/C16H24N2O2S/c1-2-21-10-8-15(19)18-12-13-7-9-17-16(11-13)20-14-5-3-4-6-14/h7,9,11,14H,2-6,8,10,12H2,1H3,(H,18,19). The SMILES string of the molecule is CCSCCC(=O)NCc1ccnc(OC2CCCC2)c1. The number of ether oxygens (including phenoxy) is 1. The molecule has 1 saturated carbocycles. The van der Waals surface area contributed by atoms with Gasteiger partial charge in [-0.15, -0.1) is 0 Å². The summed E-state index contributed by atoms with van der Waals surface area (Å²) in [6, 6.07) is 3.85. The Morgan fingerprint density at radius 2 is 2.29 bits per heavy atom. The van der Waals surface area contributed by atoms with Crippen molar-refractivity contribution >= 4 is 17.7 Å². The summed E-state index contributed by atoms with van der Waals surface area (Å²) in [5, 5.41) is 2.94. The summed E-state index contributed by atoms with van der Waals surface area (Å²) in [5.74, 6) is 2.72. The van der Waals surface area contributed by atoms with E-state index in [4.69, 9.17) is 4.74 Å². The minimum Gasteiger partial charge on any atom is -0.474 e. The second-order valence-corrected chi connectivity index (χ2v) is 6.64. The highest BCUT2D eigenvalue weighted by molar-refractivity contribution is 7.99. The van der Waals surface area contributed by atoms with Crippen LogP contribution in [-0.4, -0.2) is 28.5 Å². The lowest BCUT2D eigenvalue weighted by molar-refractivity contribution is -0.120. The van der Waals surface area contributed by atoms with E-state index < -0.39 is 0 Å². The number of carbonyl (C=O) groups excluding carboxylic acids is 1. The zero-order valence-corrected chi connectivity index (χ0v) is 13.5. The van der Waals surface area contributed by atoms with Crippen LogP contribution in [0.2, 0.25) is 0 Å². The molecule has 0 aliphatic heterocycles. The molecule has 1 fully saturated rings. The number of nitrogens with one attached hydrogen (secondary N) is 1. The molecular weight excluding hydrogens is 284 g/mol. The van der Waals surface area contributed by atoms with Gasteiger partial charge in [0.15, 0.2) is 0 Å². The molecule has 0 unspecified atom stereocenters. The first kappa shape index (κ1) is 16.1. The molecule has 1 amide bonds. The summed E-state index contributed by atoms with van der Waals surface area (Å²) < 4.78 is 5.88. The van der Waals surface area contributed by atoms with Crippen molar-refractivity contribution in [1.82, 2.24) is 10.3 Å². The second-order valence-electron chi connectivity index (χ2n) is 5.25. The summed E-state index contributed by atoms with van der Waals surface area (Å²) >= 11 is 1.79. The van der Waals surface area contributed by atoms with Crippen LogP contribution < -0.4 is 10.1 Å². The number of amides is 1. The molecule has 4 nitrogen and oxygen atoms in total. The Balaban J connectivity index is 1.76. The van der Waals surface area contributed by atoms with Crippen LogP contribution in [0.4, 0.5) is 0 Å². The molecule has 1 aliphatic rings. The smallest absolute Gasteiger partial charge is 0.221 e. The Kier molecular flexibility index (Phi) is 6.86. The van der Waals surface area contributed by atoms with Gasteiger partial charge in [-0.1, -0.05) is 6.92 Å². The highest BCUT2D eigenvalue weighted by atomic mass is 32.2. The van der Waals surface area contributed by atoms with Crippen molar-refractivity contribution in [2.45, 2.75) is 51.7 Å². The molecule has 0 radical (unpaired) electrons. The van der Waals surface area contributed by atoms with E-state index in [1.165, 1.54) is 12.8 Å². The maximum absolute atomic E-state index is 11.7. The van der Waals surface area contributed by atoms with E-state index in [1.54, 1.807) is 18.0 Å². The predicted octanol–water partition coefficient (Wildman–Crippen LogP) is 3.16. The lowest BCUT2D eigenvalue weighted by Gasteiger charge is -2.13. The van der Waals surface area contributed by atoms with Crippen molar-refractivity contribution in [2.75, 3.05) is 11.5 Å². The second kappa shape index (κ2) is 8.93. The number of carbonyl (C=O) groups is 1. The van der Waals surface area contributed by atoms with Gasteiger partial charge in [-0.3, -0.25) is 4.79 Å². The zero-order chi connectivity index (χ0) is 14.9. The molecule has 0 atom stereocenters. The summed E-state index contributed by atoms with van der Waals surface area (Å²) in [7, 11) is 0. The number of aromatic nitrogens is 1. The first-order chi connectivity index (χ1) is 10.3. The number of hydrogen-bond donors (Lipinski definition) is 1. The molecule has 0 aromatic carbocycles. The predicted molar refractivity (Wildman–Crippen MR) is 86.6 cm³/mol. The Bertz CT molecular complexity index is 448. The Hall–Kier alpha value is -1.23. The van der Waals surface area contributed by atoms with Crippen LogP contribution in [0.1, 0.15) is 44.6 Å². The molecule has 5 heteroatoms. The Morgan fingerprint density at radius 3 is 3.05 bits per heavy atom. The maximum atomic E-state index is 11.7. The van der Waals surface area contributed by atoms with Crippen molar-refractivity contribution in [2.24, 2.45) is 0 Å². The largest absolute Gasteiger partial charge is 0.474 e. The van der Waals surface area contributed by atoms with Crippen LogP contribution in [0, 0.1) is 0 Å². The van der Waals surface area contributed by atoms with Crippen molar-refractivity contribution in [1.29, 1.82) is 0 Å². The Morgan fingerprint density at radius 1 is 1.48 bits per heavy atom. The van der Waals surface area contributed by atoms with Crippen LogP contribution >= 0.6 is 11.8 Å². The fraction of sp³-hybridized carbons (Fsp3) is 0.625. The molecular formula is C16H24N2O2S. The number of pyridine rings is 1. The zero-order valence-electron chi connectivity index (χ0n) is 12.6. The van der Waals surface area contributed by atoms with Gasteiger partial charge in [0.05, 0.1) is 0 Å². The third kappa shape index (κ3) is 5.96. The van der Waals surface area contributed by atoms with E-state index in [2.05, 4.69) is 17.2 Å². The molecule has 2 rings (SSSR count). The van der Waals surface area contributed by atoms with Gasteiger partial charge in [0.25, 0.3) is 0 Å². The van der Waals surface area contributed by atoms with Gasteiger partial charge in [0, 0.05) is 31.0 Å². The van der Waals surface area contributed by atoms with E-state index in [0.29, 0.717) is 24.9 Å². The molecule has 0 saturated heterocycles. The van der Waals surface area contributed by atoms with Gasteiger partial charge in [-0.05, 0) is 43.1 Å². The quantitative estimate of drug-likeness (QED) is 0.750. The highest BCUT2D eigenvalue weighted by Crippen LogP contribution is 2.23. The molecule has 0 bridgehead atoms. The molecule has 1 aliphatic carbocycles. The number of thioether (sulfide) groups is 1. The summed E-state index contributed by atoms with van der Waals surface area (Å²) in [6.45, 7) is 2.64. The van der Waals surface area contributed by atoms with E-state index in [-0.39, 0.29) is 5.91 Å². The average Bonchev–Trinajstić information content (AvgIpc) is 2.99. The van der Waals surface area contributed by atoms with Crippen LogP contribution in [0.3, 0.4) is 0 Å². The van der Waals surface area contributed by atoms with E-state index in [0.717, 1.165) is 29.9 Å². The summed E-state index contributed by atoms with van der Waals surface area (Å²) in [5.41, 5.74) is 1.04. The third-order valence-electron chi connectivity index (χ3n) is 3.56. The van der Waals surface area contributed by atoms with Crippen LogP contribution in [-0.2, 0) is 11.3 Å². The molecule has 1 N–H and O–H groups in total. The highest BCUT2D eigenvalue weighted by Gasteiger charge is 2.17. The van der Waals surface area contributed by atoms with Gasteiger partial charge >= 0.3 is 0 Å². The lowest BCUT2D eigenvalue weighted by Crippen LogP contribution is -2.23. The summed E-state index contributed by atoms with van der Waals surface area (Å²) in [6.07, 6.45) is 7.38. The number of rotatable bonds is 8. The van der Waals surface area contributed by atoms with Crippen molar-refractivity contribution in [3.8, 4) is 5.88 Å². The molecule has 0 spiro atoms.